The van der Waals surface area contributed by atoms with E-state index in [2.05, 4.69) is 10.6 Å². The van der Waals surface area contributed by atoms with Gasteiger partial charge in [0.1, 0.15) is 0 Å². The Hall–Kier alpha value is -3.41. The standard InChI is InChI=1S/C21H22N2O4/c1-3-22-21(26)23-20(25)19(17-10-5-4-6-11-17)27-18(24)13-12-16-9-7-8-15(2)14-16/h4-14,19H,3H2,1-2H3,(H2,22,23,25,26)/b13-12+/t19-/m0/s1. The van der Waals surface area contributed by atoms with E-state index in [-0.39, 0.29) is 0 Å². The number of aryl methyl sites for hydroxylation is 1. The molecule has 140 valence electrons. The SMILES string of the molecule is CCNC(=O)NC(=O)[C@@H](OC(=O)/C=C/c1cccc(C)c1)c1ccccc1. The summed E-state index contributed by atoms with van der Waals surface area (Å²) in [4.78, 5) is 36.2. The van der Waals surface area contributed by atoms with Crippen LogP contribution in [0.1, 0.15) is 29.7 Å². The van der Waals surface area contributed by atoms with E-state index in [0.717, 1.165) is 11.1 Å². The van der Waals surface area contributed by atoms with Gasteiger partial charge in [0, 0.05) is 18.2 Å². The molecule has 1 atom stereocenters. The van der Waals surface area contributed by atoms with Crippen LogP contribution in [-0.4, -0.2) is 24.5 Å². The first-order valence-corrected chi connectivity index (χ1v) is 8.58. The highest BCUT2D eigenvalue weighted by Gasteiger charge is 2.25. The summed E-state index contributed by atoms with van der Waals surface area (Å²) in [5.41, 5.74) is 2.38. The second-order valence-corrected chi connectivity index (χ2v) is 5.82. The summed E-state index contributed by atoms with van der Waals surface area (Å²) in [6.45, 7) is 4.05. The second-order valence-electron chi connectivity index (χ2n) is 5.82. The van der Waals surface area contributed by atoms with Gasteiger partial charge >= 0.3 is 12.0 Å². The molecule has 0 unspecified atom stereocenters. The Bertz CT molecular complexity index is 831. The molecule has 0 fully saturated rings. The van der Waals surface area contributed by atoms with Crippen LogP contribution in [0.5, 0.6) is 0 Å². The molecule has 0 aliphatic heterocycles. The highest BCUT2D eigenvalue weighted by Crippen LogP contribution is 2.18. The Balaban J connectivity index is 2.12. The van der Waals surface area contributed by atoms with Gasteiger partial charge in [0.2, 0.25) is 6.10 Å². The number of hydrogen-bond donors (Lipinski definition) is 2. The van der Waals surface area contributed by atoms with Gasteiger partial charge in [0.05, 0.1) is 0 Å². The molecule has 2 N–H and O–H groups in total. The van der Waals surface area contributed by atoms with Crippen molar-refractivity contribution in [2.24, 2.45) is 0 Å². The van der Waals surface area contributed by atoms with E-state index in [9.17, 15) is 14.4 Å². The minimum absolute atomic E-state index is 0.369. The first-order valence-electron chi connectivity index (χ1n) is 8.58. The normalized spacial score (nSPS) is 11.6. The maximum atomic E-state index is 12.4. The number of hydrogen-bond acceptors (Lipinski definition) is 4. The van der Waals surface area contributed by atoms with Crippen molar-refractivity contribution in [3.8, 4) is 0 Å². The van der Waals surface area contributed by atoms with Gasteiger partial charge in [-0.15, -0.1) is 0 Å². The predicted molar refractivity (Wildman–Crippen MR) is 103 cm³/mol. The minimum atomic E-state index is -1.23. The van der Waals surface area contributed by atoms with Gasteiger partial charge in [-0.3, -0.25) is 10.1 Å². The van der Waals surface area contributed by atoms with Crippen LogP contribution in [0.2, 0.25) is 0 Å². The van der Waals surface area contributed by atoms with Gasteiger partial charge in [0.25, 0.3) is 5.91 Å². The van der Waals surface area contributed by atoms with Crippen LogP contribution in [0.3, 0.4) is 0 Å². The number of imide groups is 1. The van der Waals surface area contributed by atoms with Crippen molar-refractivity contribution in [1.82, 2.24) is 10.6 Å². The van der Waals surface area contributed by atoms with E-state index in [0.29, 0.717) is 12.1 Å². The van der Waals surface area contributed by atoms with Crippen LogP contribution in [-0.2, 0) is 14.3 Å². The van der Waals surface area contributed by atoms with Crippen LogP contribution in [0.15, 0.2) is 60.7 Å². The molecule has 2 aromatic rings. The van der Waals surface area contributed by atoms with Crippen molar-refractivity contribution in [2.45, 2.75) is 20.0 Å². The fourth-order valence-corrected chi connectivity index (χ4v) is 2.38. The fraction of sp³-hybridized carbons (Fsp3) is 0.190. The third-order valence-electron chi connectivity index (χ3n) is 3.60. The van der Waals surface area contributed by atoms with Gasteiger partial charge in [0.15, 0.2) is 0 Å². The number of carbonyl (C=O) groups is 3. The molecule has 27 heavy (non-hydrogen) atoms. The Morgan fingerprint density at radius 2 is 1.81 bits per heavy atom. The van der Waals surface area contributed by atoms with Gasteiger partial charge < -0.3 is 10.1 Å². The number of esters is 1. The number of ether oxygens (including phenoxy) is 1. The summed E-state index contributed by atoms with van der Waals surface area (Å²) >= 11 is 0. The molecular formula is C21H22N2O4. The highest BCUT2D eigenvalue weighted by atomic mass is 16.5. The molecule has 0 saturated carbocycles. The summed E-state index contributed by atoms with van der Waals surface area (Å²) in [6.07, 6.45) is 1.63. The van der Waals surface area contributed by atoms with Crippen molar-refractivity contribution >= 4 is 24.0 Å². The molecule has 2 aromatic carbocycles. The quantitative estimate of drug-likeness (QED) is 0.608. The molecule has 3 amide bonds. The lowest BCUT2D eigenvalue weighted by Crippen LogP contribution is -2.42. The largest absolute Gasteiger partial charge is 0.444 e. The van der Waals surface area contributed by atoms with Crippen molar-refractivity contribution in [2.75, 3.05) is 6.54 Å². The molecule has 0 spiro atoms. The third kappa shape index (κ3) is 6.43. The van der Waals surface area contributed by atoms with Gasteiger partial charge in [-0.25, -0.2) is 9.59 Å². The molecule has 0 heterocycles. The number of nitrogens with one attached hydrogen (secondary N) is 2. The summed E-state index contributed by atoms with van der Waals surface area (Å²) in [5, 5.41) is 4.64. The summed E-state index contributed by atoms with van der Waals surface area (Å²) < 4.78 is 5.31. The lowest BCUT2D eigenvalue weighted by molar-refractivity contribution is -0.151. The van der Waals surface area contributed by atoms with Crippen molar-refractivity contribution in [1.29, 1.82) is 0 Å². The van der Waals surface area contributed by atoms with Crippen molar-refractivity contribution in [3.63, 3.8) is 0 Å². The zero-order valence-corrected chi connectivity index (χ0v) is 15.3. The molecule has 0 radical (unpaired) electrons. The van der Waals surface area contributed by atoms with E-state index in [4.69, 9.17) is 4.74 Å². The van der Waals surface area contributed by atoms with E-state index >= 15 is 0 Å². The molecule has 6 nitrogen and oxygen atoms in total. The van der Waals surface area contributed by atoms with Crippen LogP contribution in [0.25, 0.3) is 6.08 Å². The topological polar surface area (TPSA) is 84.5 Å². The number of urea groups is 1. The maximum absolute atomic E-state index is 12.4. The van der Waals surface area contributed by atoms with Crippen molar-refractivity contribution < 1.29 is 19.1 Å². The monoisotopic (exact) mass is 366 g/mol. The van der Waals surface area contributed by atoms with E-state index in [1.807, 2.05) is 31.2 Å². The molecule has 0 saturated heterocycles. The number of rotatable bonds is 6. The van der Waals surface area contributed by atoms with Gasteiger partial charge in [-0.05, 0) is 25.5 Å². The fourth-order valence-electron chi connectivity index (χ4n) is 2.38. The van der Waals surface area contributed by atoms with Gasteiger partial charge in [-0.2, -0.15) is 0 Å². The first-order chi connectivity index (χ1) is 13.0. The number of carbonyl (C=O) groups excluding carboxylic acids is 3. The summed E-state index contributed by atoms with van der Waals surface area (Å²) in [7, 11) is 0. The number of benzene rings is 2. The Morgan fingerprint density at radius 3 is 2.48 bits per heavy atom. The lowest BCUT2D eigenvalue weighted by atomic mass is 10.1. The Morgan fingerprint density at radius 1 is 1.07 bits per heavy atom. The Labute approximate surface area is 158 Å². The molecule has 0 aromatic heterocycles. The first kappa shape index (κ1) is 19.9. The van der Waals surface area contributed by atoms with E-state index < -0.39 is 24.0 Å². The summed E-state index contributed by atoms with van der Waals surface area (Å²) in [6, 6.07) is 15.5. The molecule has 2 rings (SSSR count). The molecular weight excluding hydrogens is 344 g/mol. The van der Waals surface area contributed by atoms with Crippen LogP contribution >= 0.6 is 0 Å². The predicted octanol–water partition coefficient (Wildman–Crippen LogP) is 3.14. The van der Waals surface area contributed by atoms with E-state index in [1.54, 1.807) is 43.3 Å². The zero-order valence-electron chi connectivity index (χ0n) is 15.3. The lowest BCUT2D eigenvalue weighted by Gasteiger charge is -2.16. The second kappa shape index (κ2) is 9.91. The van der Waals surface area contributed by atoms with Gasteiger partial charge in [-0.1, -0.05) is 60.2 Å². The minimum Gasteiger partial charge on any atom is -0.444 e. The van der Waals surface area contributed by atoms with Crippen LogP contribution in [0, 0.1) is 6.92 Å². The molecule has 0 aliphatic carbocycles. The van der Waals surface area contributed by atoms with Crippen LogP contribution in [0.4, 0.5) is 4.79 Å². The van der Waals surface area contributed by atoms with E-state index in [1.165, 1.54) is 6.08 Å². The maximum Gasteiger partial charge on any atom is 0.331 e. The number of amides is 3. The van der Waals surface area contributed by atoms with Crippen LogP contribution < -0.4 is 10.6 Å². The summed E-state index contributed by atoms with van der Waals surface area (Å²) in [5.74, 6) is -1.40. The zero-order chi connectivity index (χ0) is 19.6. The smallest absolute Gasteiger partial charge is 0.331 e. The molecule has 6 heteroatoms. The highest BCUT2D eigenvalue weighted by molar-refractivity contribution is 5.98. The molecule has 0 aliphatic rings. The average molecular weight is 366 g/mol. The average Bonchev–Trinajstić information content (AvgIpc) is 2.65. The Kier molecular flexibility index (Phi) is 7.31. The molecule has 0 bridgehead atoms. The third-order valence-corrected chi connectivity index (χ3v) is 3.60. The van der Waals surface area contributed by atoms with Crippen molar-refractivity contribution in [3.05, 3.63) is 77.4 Å².